The van der Waals surface area contributed by atoms with Crippen LogP contribution in [-0.4, -0.2) is 43.3 Å². The monoisotopic (exact) mass is 227 g/mol. The Labute approximate surface area is 93.7 Å². The Morgan fingerprint density at radius 1 is 1.44 bits per heavy atom. The predicted octanol–water partition coefficient (Wildman–Crippen LogP) is -0.899. The third-order valence-electron chi connectivity index (χ3n) is 1.95. The van der Waals surface area contributed by atoms with E-state index in [-0.39, 0.29) is 19.6 Å². The quantitative estimate of drug-likeness (QED) is 0.361. The van der Waals surface area contributed by atoms with Crippen molar-refractivity contribution in [2.45, 2.75) is 19.3 Å². The average Bonchev–Trinajstić information content (AvgIpc) is 2.24. The van der Waals surface area contributed by atoms with Gasteiger partial charge in [0.25, 0.3) is 0 Å². The first kappa shape index (κ1) is 12.7. The number of hydrogen-bond donors (Lipinski definition) is 2. The molecule has 1 rings (SSSR count). The Balaban J connectivity index is 2.69. The first-order valence-electron chi connectivity index (χ1n) is 4.92. The molecule has 0 aliphatic carbocycles. The highest BCUT2D eigenvalue weighted by molar-refractivity contribution is 6.46. The zero-order valence-corrected chi connectivity index (χ0v) is 9.06. The van der Waals surface area contributed by atoms with Gasteiger partial charge in [0.05, 0.1) is 6.42 Å². The summed E-state index contributed by atoms with van der Waals surface area (Å²) in [5.41, 5.74) is 0.513. The molecule has 16 heavy (non-hydrogen) atoms. The van der Waals surface area contributed by atoms with E-state index in [9.17, 15) is 9.59 Å². The van der Waals surface area contributed by atoms with Crippen molar-refractivity contribution in [3.63, 3.8) is 0 Å². The van der Waals surface area contributed by atoms with Crippen LogP contribution in [0.1, 0.15) is 6.42 Å². The van der Waals surface area contributed by atoms with Gasteiger partial charge in [0.2, 0.25) is 0 Å². The fourth-order valence-electron chi connectivity index (χ4n) is 1.23. The molecule has 2 N–H and O–H groups in total. The second kappa shape index (κ2) is 5.67. The van der Waals surface area contributed by atoms with E-state index >= 15 is 0 Å². The fraction of sp³-hybridized carbons (Fsp3) is 0.556. The topological polar surface area (TPSA) is 84.9 Å². The van der Waals surface area contributed by atoms with E-state index in [4.69, 9.17) is 14.5 Å². The molecule has 1 fully saturated rings. The van der Waals surface area contributed by atoms with Crippen LogP contribution in [0.25, 0.3) is 0 Å². The standard InChI is InChI=1S/C9H14BNO5/c1-6-4-15-8(12)3-7(11-10(2)14)9(13)16-5-6/h7,11,14H,1,3-5H2,2H3. The largest absolute Gasteiger partial charge is 0.461 e. The molecule has 1 aliphatic rings. The summed E-state index contributed by atoms with van der Waals surface area (Å²) in [4.78, 5) is 22.8. The minimum absolute atomic E-state index is 0.0180. The molecule has 1 aliphatic heterocycles. The highest BCUT2D eigenvalue weighted by Crippen LogP contribution is 2.05. The van der Waals surface area contributed by atoms with Crippen LogP contribution in [0.3, 0.4) is 0 Å². The van der Waals surface area contributed by atoms with Crippen molar-refractivity contribution < 1.29 is 24.1 Å². The second-order valence-electron chi connectivity index (χ2n) is 3.62. The van der Waals surface area contributed by atoms with Crippen LogP contribution >= 0.6 is 0 Å². The number of rotatable bonds is 2. The van der Waals surface area contributed by atoms with Crippen LogP contribution in [0.5, 0.6) is 0 Å². The summed E-state index contributed by atoms with van der Waals surface area (Å²) in [6, 6.07) is -0.890. The van der Waals surface area contributed by atoms with Crippen LogP contribution in [-0.2, 0) is 19.1 Å². The van der Waals surface area contributed by atoms with Crippen molar-refractivity contribution in [2.24, 2.45) is 0 Å². The van der Waals surface area contributed by atoms with E-state index in [2.05, 4.69) is 11.8 Å². The van der Waals surface area contributed by atoms with Gasteiger partial charge in [0.1, 0.15) is 19.3 Å². The van der Waals surface area contributed by atoms with E-state index < -0.39 is 25.0 Å². The molecule has 6 nitrogen and oxygen atoms in total. The molecule has 0 amide bonds. The van der Waals surface area contributed by atoms with Gasteiger partial charge >= 0.3 is 19.0 Å². The van der Waals surface area contributed by atoms with E-state index in [0.29, 0.717) is 5.57 Å². The van der Waals surface area contributed by atoms with Crippen LogP contribution in [0.2, 0.25) is 6.82 Å². The van der Waals surface area contributed by atoms with Gasteiger partial charge in [-0.05, 0) is 12.4 Å². The lowest BCUT2D eigenvalue weighted by atomic mass is 9.87. The number of cyclic esters (lactones) is 2. The van der Waals surface area contributed by atoms with Gasteiger partial charge in [-0.3, -0.25) is 9.59 Å². The SMILES string of the molecule is C=C1COC(=O)CC(NB(C)O)C(=O)OC1. The van der Waals surface area contributed by atoms with Crippen molar-refractivity contribution in [3.8, 4) is 0 Å². The summed E-state index contributed by atoms with van der Waals surface area (Å²) in [6.07, 6.45) is -0.170. The number of esters is 2. The fourth-order valence-corrected chi connectivity index (χ4v) is 1.23. The molecule has 1 unspecified atom stereocenters. The van der Waals surface area contributed by atoms with E-state index in [1.54, 1.807) is 0 Å². The van der Waals surface area contributed by atoms with Gasteiger partial charge in [-0.2, -0.15) is 0 Å². The minimum Gasteiger partial charge on any atom is -0.461 e. The Bertz CT molecular complexity index is 304. The maximum Gasteiger partial charge on any atom is 0.374 e. The molecule has 1 saturated heterocycles. The molecule has 0 spiro atoms. The maximum atomic E-state index is 11.5. The number of nitrogens with one attached hydrogen (secondary N) is 1. The highest BCUT2D eigenvalue weighted by atomic mass is 16.6. The normalized spacial score (nSPS) is 22.6. The summed E-state index contributed by atoms with van der Waals surface area (Å²) in [5, 5.41) is 11.6. The summed E-state index contributed by atoms with van der Waals surface area (Å²) < 4.78 is 9.74. The molecular formula is C9H14BNO5. The van der Waals surface area contributed by atoms with E-state index in [1.165, 1.54) is 6.82 Å². The van der Waals surface area contributed by atoms with Crippen LogP contribution in [0.4, 0.5) is 0 Å². The number of hydrogen-bond acceptors (Lipinski definition) is 6. The van der Waals surface area contributed by atoms with Crippen molar-refractivity contribution in [1.29, 1.82) is 0 Å². The molecule has 0 saturated carbocycles. The third-order valence-corrected chi connectivity index (χ3v) is 1.95. The zero-order chi connectivity index (χ0) is 12.1. The molecule has 0 aromatic heterocycles. The summed E-state index contributed by atoms with van der Waals surface area (Å²) in [6.45, 7) is 5.10. The first-order valence-corrected chi connectivity index (χ1v) is 4.92. The van der Waals surface area contributed by atoms with E-state index in [1.807, 2.05) is 0 Å². The minimum atomic E-state index is -0.908. The molecular weight excluding hydrogens is 213 g/mol. The number of carbonyl (C=O) groups excluding carboxylic acids is 2. The Kier molecular flexibility index (Phi) is 4.51. The molecule has 0 aromatic rings. The molecule has 0 radical (unpaired) electrons. The van der Waals surface area contributed by atoms with Crippen LogP contribution in [0, 0.1) is 0 Å². The molecule has 0 aromatic carbocycles. The van der Waals surface area contributed by atoms with E-state index in [0.717, 1.165) is 0 Å². The summed E-state index contributed by atoms with van der Waals surface area (Å²) in [7, 11) is -0.908. The number of carbonyl (C=O) groups is 2. The van der Waals surface area contributed by atoms with Gasteiger partial charge in [-0.25, -0.2) is 0 Å². The highest BCUT2D eigenvalue weighted by Gasteiger charge is 2.27. The lowest BCUT2D eigenvalue weighted by Gasteiger charge is -2.15. The maximum absolute atomic E-state index is 11.5. The summed E-state index contributed by atoms with van der Waals surface area (Å²) in [5.74, 6) is -1.13. The Morgan fingerprint density at radius 3 is 2.69 bits per heavy atom. The van der Waals surface area contributed by atoms with Gasteiger partial charge < -0.3 is 19.7 Å². The van der Waals surface area contributed by atoms with Crippen LogP contribution in [0.15, 0.2) is 12.2 Å². The first-order chi connectivity index (χ1) is 7.49. The molecule has 88 valence electrons. The van der Waals surface area contributed by atoms with Crippen molar-refractivity contribution in [3.05, 3.63) is 12.2 Å². The molecule has 1 atom stereocenters. The van der Waals surface area contributed by atoms with Crippen molar-refractivity contribution in [1.82, 2.24) is 5.23 Å². The zero-order valence-electron chi connectivity index (χ0n) is 9.06. The van der Waals surface area contributed by atoms with Crippen molar-refractivity contribution >= 4 is 19.0 Å². The second-order valence-corrected chi connectivity index (χ2v) is 3.62. The smallest absolute Gasteiger partial charge is 0.374 e. The van der Waals surface area contributed by atoms with Gasteiger partial charge in [0, 0.05) is 0 Å². The van der Waals surface area contributed by atoms with Gasteiger partial charge in [-0.1, -0.05) is 6.58 Å². The molecule has 1 heterocycles. The number of ether oxygens (including phenoxy) is 2. The molecule has 7 heteroatoms. The Morgan fingerprint density at radius 2 is 2.06 bits per heavy atom. The predicted molar refractivity (Wildman–Crippen MR) is 56.4 cm³/mol. The van der Waals surface area contributed by atoms with Gasteiger partial charge in [0.15, 0.2) is 0 Å². The van der Waals surface area contributed by atoms with Crippen molar-refractivity contribution in [2.75, 3.05) is 13.2 Å². The molecule has 0 bridgehead atoms. The lowest BCUT2D eigenvalue weighted by Crippen LogP contribution is -2.46. The van der Waals surface area contributed by atoms with Gasteiger partial charge in [-0.15, -0.1) is 0 Å². The van der Waals surface area contributed by atoms with Crippen LogP contribution < -0.4 is 5.23 Å². The summed E-state index contributed by atoms with van der Waals surface area (Å²) >= 11 is 0. The third kappa shape index (κ3) is 4.04. The average molecular weight is 227 g/mol. The Hall–Kier alpha value is -1.34. The lowest BCUT2D eigenvalue weighted by molar-refractivity contribution is -0.149.